The summed E-state index contributed by atoms with van der Waals surface area (Å²) in [6, 6.07) is 12.4. The molecule has 1 amide bonds. The zero-order valence-electron chi connectivity index (χ0n) is 13.9. The molecule has 0 saturated carbocycles. The van der Waals surface area contributed by atoms with Crippen LogP contribution in [0.15, 0.2) is 55.0 Å². The smallest absolute Gasteiger partial charge is 0.329 e. The summed E-state index contributed by atoms with van der Waals surface area (Å²) >= 11 is 0. The van der Waals surface area contributed by atoms with Crippen LogP contribution in [0.5, 0.6) is 0 Å². The average Bonchev–Trinajstić information content (AvgIpc) is 3.14. The van der Waals surface area contributed by atoms with Crippen molar-refractivity contribution in [3.05, 3.63) is 66.2 Å². The number of carbonyl (C=O) groups is 2. The largest absolute Gasteiger partial charge is 0.464 e. The van der Waals surface area contributed by atoms with E-state index in [4.69, 9.17) is 4.74 Å². The van der Waals surface area contributed by atoms with Crippen molar-refractivity contribution in [3.8, 4) is 0 Å². The topological polar surface area (TPSA) is 84.1 Å². The van der Waals surface area contributed by atoms with E-state index in [1.54, 1.807) is 19.2 Å². The van der Waals surface area contributed by atoms with E-state index in [1.165, 1.54) is 6.33 Å². The van der Waals surface area contributed by atoms with E-state index in [0.717, 1.165) is 16.5 Å². The third kappa shape index (κ3) is 3.85. The Morgan fingerprint density at radius 3 is 2.76 bits per heavy atom. The SMILES string of the molecule is CCOC(=O)[C@H](Cc1cnc[nH]1)NC(=O)c1cccc2ccccc12. The number of aromatic amines is 1. The first-order chi connectivity index (χ1) is 12.2. The van der Waals surface area contributed by atoms with Gasteiger partial charge in [0, 0.05) is 23.9 Å². The number of fused-ring (bicyclic) bond motifs is 1. The Bertz CT molecular complexity index is 869. The highest BCUT2D eigenvalue weighted by Crippen LogP contribution is 2.18. The fraction of sp³-hybridized carbons (Fsp3) is 0.211. The lowest BCUT2D eigenvalue weighted by atomic mass is 10.0. The molecule has 0 fully saturated rings. The second-order valence-corrected chi connectivity index (χ2v) is 5.59. The lowest BCUT2D eigenvalue weighted by molar-refractivity contribution is -0.145. The maximum absolute atomic E-state index is 12.8. The first-order valence-corrected chi connectivity index (χ1v) is 8.11. The average molecular weight is 337 g/mol. The molecule has 128 valence electrons. The number of rotatable bonds is 6. The first kappa shape index (κ1) is 16.7. The molecule has 2 aromatic carbocycles. The summed E-state index contributed by atoms with van der Waals surface area (Å²) in [6.45, 7) is 1.99. The summed E-state index contributed by atoms with van der Waals surface area (Å²) in [7, 11) is 0. The lowest BCUT2D eigenvalue weighted by Crippen LogP contribution is -2.43. The minimum Gasteiger partial charge on any atom is -0.464 e. The van der Waals surface area contributed by atoms with Gasteiger partial charge in [0.1, 0.15) is 6.04 Å². The van der Waals surface area contributed by atoms with Gasteiger partial charge in [0.25, 0.3) is 5.91 Å². The predicted molar refractivity (Wildman–Crippen MR) is 94.1 cm³/mol. The number of nitrogens with one attached hydrogen (secondary N) is 2. The Morgan fingerprint density at radius 1 is 1.20 bits per heavy atom. The predicted octanol–water partition coefficient (Wildman–Crippen LogP) is 2.47. The molecule has 3 aromatic rings. The minimum atomic E-state index is -0.785. The summed E-state index contributed by atoms with van der Waals surface area (Å²) in [6.07, 6.45) is 3.44. The van der Waals surface area contributed by atoms with Crippen LogP contribution in [0.4, 0.5) is 0 Å². The van der Waals surface area contributed by atoms with Gasteiger partial charge >= 0.3 is 5.97 Å². The van der Waals surface area contributed by atoms with Crippen molar-refractivity contribution in [2.45, 2.75) is 19.4 Å². The van der Waals surface area contributed by atoms with Crippen LogP contribution in [0, 0.1) is 0 Å². The number of ether oxygens (including phenoxy) is 1. The molecule has 1 heterocycles. The van der Waals surface area contributed by atoms with Crippen LogP contribution in [0.2, 0.25) is 0 Å². The van der Waals surface area contributed by atoms with Crippen LogP contribution in [0.1, 0.15) is 23.0 Å². The standard InChI is InChI=1S/C19H19N3O3/c1-2-25-19(24)17(10-14-11-20-12-21-14)22-18(23)16-9-5-7-13-6-3-4-8-15(13)16/h3-9,11-12,17H,2,10H2,1H3,(H,20,21)(H,22,23)/t17-/m0/s1. The van der Waals surface area contributed by atoms with Crippen LogP contribution in [0.3, 0.4) is 0 Å². The molecule has 25 heavy (non-hydrogen) atoms. The summed E-state index contributed by atoms with van der Waals surface area (Å²) < 4.78 is 5.09. The van der Waals surface area contributed by atoms with E-state index in [1.807, 2.05) is 36.4 Å². The van der Waals surface area contributed by atoms with Crippen LogP contribution < -0.4 is 5.32 Å². The fourth-order valence-corrected chi connectivity index (χ4v) is 2.71. The summed E-state index contributed by atoms with van der Waals surface area (Å²) in [4.78, 5) is 31.9. The molecule has 0 bridgehead atoms. The molecule has 0 aliphatic rings. The van der Waals surface area contributed by atoms with Gasteiger partial charge < -0.3 is 15.0 Å². The fourth-order valence-electron chi connectivity index (χ4n) is 2.71. The number of carbonyl (C=O) groups excluding carboxylic acids is 2. The van der Waals surface area contributed by atoms with Gasteiger partial charge in [-0.3, -0.25) is 4.79 Å². The van der Waals surface area contributed by atoms with Crippen molar-refractivity contribution < 1.29 is 14.3 Å². The third-order valence-electron chi connectivity index (χ3n) is 3.89. The number of amides is 1. The molecule has 2 N–H and O–H groups in total. The van der Waals surface area contributed by atoms with Gasteiger partial charge in [0.2, 0.25) is 0 Å². The summed E-state index contributed by atoms with van der Waals surface area (Å²) in [5.74, 6) is -0.778. The summed E-state index contributed by atoms with van der Waals surface area (Å²) in [5, 5.41) is 4.60. The zero-order chi connectivity index (χ0) is 17.6. The lowest BCUT2D eigenvalue weighted by Gasteiger charge is -2.17. The molecular formula is C19H19N3O3. The van der Waals surface area contributed by atoms with Crippen molar-refractivity contribution in [2.24, 2.45) is 0 Å². The van der Waals surface area contributed by atoms with Crippen molar-refractivity contribution in [1.29, 1.82) is 0 Å². The number of nitrogens with zero attached hydrogens (tertiary/aromatic N) is 1. The van der Waals surface area contributed by atoms with E-state index >= 15 is 0 Å². The van der Waals surface area contributed by atoms with E-state index < -0.39 is 12.0 Å². The number of aromatic nitrogens is 2. The molecule has 1 atom stereocenters. The van der Waals surface area contributed by atoms with Crippen molar-refractivity contribution in [2.75, 3.05) is 6.61 Å². The monoisotopic (exact) mass is 337 g/mol. The molecule has 1 aromatic heterocycles. The van der Waals surface area contributed by atoms with Gasteiger partial charge in [-0.1, -0.05) is 36.4 Å². The number of benzene rings is 2. The number of imidazole rings is 1. The molecule has 0 radical (unpaired) electrons. The highest BCUT2D eigenvalue weighted by Gasteiger charge is 2.24. The molecule has 3 rings (SSSR count). The van der Waals surface area contributed by atoms with Crippen LogP contribution in [0.25, 0.3) is 10.8 Å². The van der Waals surface area contributed by atoms with Crippen LogP contribution in [-0.4, -0.2) is 34.5 Å². The number of H-pyrrole nitrogens is 1. The Balaban J connectivity index is 1.84. The van der Waals surface area contributed by atoms with Crippen molar-refractivity contribution >= 4 is 22.6 Å². The summed E-state index contributed by atoms with van der Waals surface area (Å²) in [5.41, 5.74) is 1.27. The minimum absolute atomic E-state index is 0.252. The quantitative estimate of drug-likeness (QED) is 0.677. The molecule has 6 nitrogen and oxygen atoms in total. The molecule has 0 saturated heterocycles. The van der Waals surface area contributed by atoms with E-state index in [2.05, 4.69) is 15.3 Å². The number of hydrogen-bond donors (Lipinski definition) is 2. The Hall–Kier alpha value is -3.15. The van der Waals surface area contributed by atoms with E-state index in [0.29, 0.717) is 5.56 Å². The molecule has 0 aliphatic heterocycles. The van der Waals surface area contributed by atoms with Crippen LogP contribution in [-0.2, 0) is 16.0 Å². The second kappa shape index (κ2) is 7.61. The third-order valence-corrected chi connectivity index (χ3v) is 3.89. The van der Waals surface area contributed by atoms with Crippen LogP contribution >= 0.6 is 0 Å². The Labute approximate surface area is 145 Å². The van der Waals surface area contributed by atoms with Gasteiger partial charge in [-0.25, -0.2) is 9.78 Å². The van der Waals surface area contributed by atoms with Gasteiger partial charge in [0.05, 0.1) is 12.9 Å². The molecule has 6 heteroatoms. The normalized spacial score (nSPS) is 11.9. The first-order valence-electron chi connectivity index (χ1n) is 8.11. The van der Waals surface area contributed by atoms with Gasteiger partial charge in [0.15, 0.2) is 0 Å². The van der Waals surface area contributed by atoms with E-state index in [-0.39, 0.29) is 18.9 Å². The van der Waals surface area contributed by atoms with Gasteiger partial charge in [-0.2, -0.15) is 0 Å². The number of esters is 1. The molecule has 0 spiro atoms. The highest BCUT2D eigenvalue weighted by molar-refractivity contribution is 6.08. The van der Waals surface area contributed by atoms with Crippen molar-refractivity contribution in [3.63, 3.8) is 0 Å². The molecule has 0 aliphatic carbocycles. The van der Waals surface area contributed by atoms with Crippen molar-refractivity contribution in [1.82, 2.24) is 15.3 Å². The highest BCUT2D eigenvalue weighted by atomic mass is 16.5. The maximum Gasteiger partial charge on any atom is 0.329 e. The Morgan fingerprint density at radius 2 is 2.00 bits per heavy atom. The second-order valence-electron chi connectivity index (χ2n) is 5.59. The van der Waals surface area contributed by atoms with Gasteiger partial charge in [-0.05, 0) is 23.8 Å². The maximum atomic E-state index is 12.8. The van der Waals surface area contributed by atoms with Gasteiger partial charge in [-0.15, -0.1) is 0 Å². The van der Waals surface area contributed by atoms with E-state index in [9.17, 15) is 9.59 Å². The molecular weight excluding hydrogens is 318 g/mol. The molecule has 0 unspecified atom stereocenters. The zero-order valence-corrected chi connectivity index (χ0v) is 13.9. The Kier molecular flexibility index (Phi) is 5.09. The number of hydrogen-bond acceptors (Lipinski definition) is 4.